The lowest BCUT2D eigenvalue weighted by molar-refractivity contribution is -0.111. The molecule has 1 heterocycles. The average Bonchev–Trinajstić information content (AvgIpc) is 3.09. The molecule has 1 saturated carbocycles. The first-order chi connectivity index (χ1) is 11.8. The van der Waals surface area contributed by atoms with E-state index in [4.69, 9.17) is 4.74 Å². The van der Waals surface area contributed by atoms with Crippen molar-refractivity contribution in [2.45, 2.75) is 38.0 Å². The van der Waals surface area contributed by atoms with Gasteiger partial charge in [-0.2, -0.15) is 0 Å². The largest absolute Gasteiger partial charge is 0.496 e. The Morgan fingerprint density at radius 3 is 2.83 bits per heavy atom. The highest BCUT2D eigenvalue weighted by Crippen LogP contribution is 2.35. The number of hydrogen-bond acceptors (Lipinski definition) is 5. The fraction of sp³-hybridized carbons (Fsp3) is 0.389. The van der Waals surface area contributed by atoms with Gasteiger partial charge in [0.15, 0.2) is 0 Å². The van der Waals surface area contributed by atoms with E-state index >= 15 is 0 Å². The molecule has 0 unspecified atom stereocenters. The lowest BCUT2D eigenvalue weighted by Gasteiger charge is -2.18. The number of benzene rings is 1. The zero-order valence-electron chi connectivity index (χ0n) is 13.7. The third kappa shape index (κ3) is 4.20. The number of rotatable bonds is 5. The number of carbonyl (C=O) groups is 1. The predicted molar refractivity (Wildman–Crippen MR) is 96.4 cm³/mol. The van der Waals surface area contributed by atoms with Gasteiger partial charge in [0.25, 0.3) is 0 Å². The number of amides is 1. The van der Waals surface area contributed by atoms with Crippen LogP contribution in [0.5, 0.6) is 5.75 Å². The van der Waals surface area contributed by atoms with Gasteiger partial charge in [0.2, 0.25) is 11.0 Å². The number of methoxy groups -OCH3 is 1. The van der Waals surface area contributed by atoms with Crippen LogP contribution in [0.1, 0.15) is 48.6 Å². The summed E-state index contributed by atoms with van der Waals surface area (Å²) in [6.07, 6.45) is 9.40. The van der Waals surface area contributed by atoms with Gasteiger partial charge >= 0.3 is 0 Å². The molecule has 1 aromatic carbocycles. The molecule has 3 rings (SSSR count). The minimum atomic E-state index is -0.216. The number of nitrogens with one attached hydrogen (secondary N) is 1. The molecule has 1 aromatic heterocycles. The maximum Gasteiger partial charge on any atom is 0.250 e. The topological polar surface area (TPSA) is 64.1 Å². The lowest BCUT2D eigenvalue weighted by atomic mass is 9.90. The standard InChI is InChI=1S/C18H21N3O2S/c1-23-15-10-6-5-7-13(15)11-12-16(22)19-18-21-20-17(24-18)14-8-3-2-4-9-14/h5-7,10-12,14H,2-4,8-9H2,1H3,(H,19,21,22). The second-order valence-electron chi connectivity index (χ2n) is 5.84. The van der Waals surface area contributed by atoms with Crippen LogP contribution in [0.2, 0.25) is 0 Å². The molecule has 0 spiro atoms. The molecule has 1 aliphatic rings. The zero-order chi connectivity index (χ0) is 16.8. The monoisotopic (exact) mass is 343 g/mol. The molecule has 1 fully saturated rings. The Hall–Kier alpha value is -2.21. The third-order valence-electron chi connectivity index (χ3n) is 4.18. The van der Waals surface area contributed by atoms with Crippen molar-refractivity contribution >= 4 is 28.5 Å². The van der Waals surface area contributed by atoms with Crippen molar-refractivity contribution in [3.63, 3.8) is 0 Å². The Labute approximate surface area is 145 Å². The van der Waals surface area contributed by atoms with E-state index in [2.05, 4.69) is 15.5 Å². The van der Waals surface area contributed by atoms with E-state index in [9.17, 15) is 4.79 Å². The Balaban J connectivity index is 1.60. The Kier molecular flexibility index (Phi) is 5.59. The van der Waals surface area contributed by atoms with E-state index in [0.717, 1.165) is 16.3 Å². The normalized spacial score (nSPS) is 15.5. The number of hydrogen-bond donors (Lipinski definition) is 1. The summed E-state index contributed by atoms with van der Waals surface area (Å²) in [5.74, 6) is 1.02. The number of carbonyl (C=O) groups excluding carboxylic acids is 1. The van der Waals surface area contributed by atoms with Gasteiger partial charge in [0.1, 0.15) is 10.8 Å². The first kappa shape index (κ1) is 16.6. The van der Waals surface area contributed by atoms with Crippen molar-refractivity contribution in [2.24, 2.45) is 0 Å². The summed E-state index contributed by atoms with van der Waals surface area (Å²) in [6.45, 7) is 0. The molecule has 2 aromatic rings. The van der Waals surface area contributed by atoms with Gasteiger partial charge in [-0.1, -0.05) is 48.8 Å². The van der Waals surface area contributed by atoms with Crippen LogP contribution in [-0.2, 0) is 4.79 Å². The second-order valence-corrected chi connectivity index (χ2v) is 6.85. The van der Waals surface area contributed by atoms with Crippen LogP contribution < -0.4 is 10.1 Å². The lowest BCUT2D eigenvalue weighted by Crippen LogP contribution is -2.07. The van der Waals surface area contributed by atoms with Crippen LogP contribution in [-0.4, -0.2) is 23.2 Å². The minimum absolute atomic E-state index is 0.216. The fourth-order valence-electron chi connectivity index (χ4n) is 2.92. The van der Waals surface area contributed by atoms with E-state index < -0.39 is 0 Å². The van der Waals surface area contributed by atoms with Gasteiger partial charge in [-0.3, -0.25) is 10.1 Å². The molecule has 1 N–H and O–H groups in total. The molecule has 5 nitrogen and oxygen atoms in total. The molecule has 0 saturated heterocycles. The van der Waals surface area contributed by atoms with Crippen molar-refractivity contribution in [3.8, 4) is 5.75 Å². The zero-order valence-corrected chi connectivity index (χ0v) is 14.5. The maximum absolute atomic E-state index is 12.1. The Bertz CT molecular complexity index is 721. The number of para-hydroxylation sites is 1. The first-order valence-electron chi connectivity index (χ1n) is 8.22. The maximum atomic E-state index is 12.1. The summed E-state index contributed by atoms with van der Waals surface area (Å²) in [4.78, 5) is 12.1. The summed E-state index contributed by atoms with van der Waals surface area (Å²) in [5.41, 5.74) is 0.857. The fourth-order valence-corrected chi connectivity index (χ4v) is 3.83. The second kappa shape index (κ2) is 8.06. The third-order valence-corrected chi connectivity index (χ3v) is 5.18. The molecule has 0 bridgehead atoms. The molecule has 6 heteroatoms. The molecule has 126 valence electrons. The Morgan fingerprint density at radius 2 is 2.04 bits per heavy atom. The van der Waals surface area contributed by atoms with E-state index in [-0.39, 0.29) is 5.91 Å². The van der Waals surface area contributed by atoms with Crippen molar-refractivity contribution in [1.82, 2.24) is 10.2 Å². The smallest absolute Gasteiger partial charge is 0.250 e. The van der Waals surface area contributed by atoms with Crippen molar-refractivity contribution in [3.05, 3.63) is 40.9 Å². The first-order valence-corrected chi connectivity index (χ1v) is 9.03. The summed E-state index contributed by atoms with van der Waals surface area (Å²) in [5, 5.41) is 12.7. The molecular weight excluding hydrogens is 322 g/mol. The van der Waals surface area contributed by atoms with Crippen LogP contribution >= 0.6 is 11.3 Å². The highest BCUT2D eigenvalue weighted by molar-refractivity contribution is 7.15. The van der Waals surface area contributed by atoms with Gasteiger partial charge in [-0.05, 0) is 25.0 Å². The van der Waals surface area contributed by atoms with Gasteiger partial charge in [-0.15, -0.1) is 10.2 Å². The molecule has 1 amide bonds. The molecular formula is C18H21N3O2S. The quantitative estimate of drug-likeness (QED) is 0.825. The van der Waals surface area contributed by atoms with E-state index in [1.807, 2.05) is 24.3 Å². The summed E-state index contributed by atoms with van der Waals surface area (Å²) in [7, 11) is 1.61. The number of nitrogens with zero attached hydrogens (tertiary/aromatic N) is 2. The van der Waals surface area contributed by atoms with Crippen LogP contribution in [0, 0.1) is 0 Å². The molecule has 0 atom stereocenters. The van der Waals surface area contributed by atoms with Crippen LogP contribution in [0.4, 0.5) is 5.13 Å². The SMILES string of the molecule is COc1ccccc1C=CC(=O)Nc1nnc(C2CCCCC2)s1. The molecule has 0 radical (unpaired) electrons. The molecule has 1 aliphatic carbocycles. The number of ether oxygens (including phenoxy) is 1. The number of aromatic nitrogens is 2. The van der Waals surface area contributed by atoms with E-state index in [0.29, 0.717) is 11.0 Å². The molecule has 0 aliphatic heterocycles. The predicted octanol–water partition coefficient (Wildman–Crippen LogP) is 4.25. The van der Waals surface area contributed by atoms with Crippen molar-refractivity contribution in [2.75, 3.05) is 12.4 Å². The van der Waals surface area contributed by atoms with E-state index in [1.165, 1.54) is 49.5 Å². The van der Waals surface area contributed by atoms with Crippen LogP contribution in [0.25, 0.3) is 6.08 Å². The van der Waals surface area contributed by atoms with Crippen LogP contribution in [0.15, 0.2) is 30.3 Å². The highest BCUT2D eigenvalue weighted by Gasteiger charge is 2.19. The summed E-state index contributed by atoms with van der Waals surface area (Å²) >= 11 is 1.48. The Morgan fingerprint density at radius 1 is 1.25 bits per heavy atom. The summed E-state index contributed by atoms with van der Waals surface area (Å²) in [6, 6.07) is 7.55. The molecule has 24 heavy (non-hydrogen) atoms. The minimum Gasteiger partial charge on any atom is -0.496 e. The van der Waals surface area contributed by atoms with E-state index in [1.54, 1.807) is 13.2 Å². The van der Waals surface area contributed by atoms with Crippen LogP contribution in [0.3, 0.4) is 0 Å². The highest BCUT2D eigenvalue weighted by atomic mass is 32.1. The average molecular weight is 343 g/mol. The van der Waals surface area contributed by atoms with Gasteiger partial charge < -0.3 is 4.74 Å². The van der Waals surface area contributed by atoms with Gasteiger partial charge in [0, 0.05) is 17.6 Å². The number of anilines is 1. The van der Waals surface area contributed by atoms with Crippen molar-refractivity contribution in [1.29, 1.82) is 0 Å². The van der Waals surface area contributed by atoms with Gasteiger partial charge in [0.05, 0.1) is 7.11 Å². The summed E-state index contributed by atoms with van der Waals surface area (Å²) < 4.78 is 5.26. The van der Waals surface area contributed by atoms with Gasteiger partial charge in [-0.25, -0.2) is 0 Å². The van der Waals surface area contributed by atoms with Crippen molar-refractivity contribution < 1.29 is 9.53 Å².